The highest BCUT2D eigenvalue weighted by molar-refractivity contribution is 5.84. The number of carbonyl (C=O) groups excluding carboxylic acids is 4. The van der Waals surface area contributed by atoms with E-state index in [1.165, 1.54) is 21.0 Å². The molecule has 0 spiro atoms. The molecule has 0 aromatic heterocycles. The lowest BCUT2D eigenvalue weighted by Gasteiger charge is -2.63. The molecular weight excluding hydrogens is 488 g/mol. The molecule has 4 fully saturated rings. The average Bonchev–Trinajstić information content (AvgIpc) is 3.25. The predicted molar refractivity (Wildman–Crippen MR) is 139 cm³/mol. The number of fused-ring (bicyclic) bond motifs is 5. The number of carbonyl (C=O) groups is 4. The van der Waals surface area contributed by atoms with Gasteiger partial charge in [0.15, 0.2) is 0 Å². The minimum Gasteiger partial charge on any atom is -0.469 e. The summed E-state index contributed by atoms with van der Waals surface area (Å²) in [5, 5.41) is 11.9. The van der Waals surface area contributed by atoms with Crippen molar-refractivity contribution in [1.29, 1.82) is 0 Å². The first-order valence-corrected chi connectivity index (χ1v) is 14.5. The number of ketones is 1. The Morgan fingerprint density at radius 2 is 1.63 bits per heavy atom. The van der Waals surface area contributed by atoms with E-state index >= 15 is 0 Å². The molecule has 1 N–H and O–H groups in total. The fourth-order valence-corrected chi connectivity index (χ4v) is 9.73. The van der Waals surface area contributed by atoms with Crippen molar-refractivity contribution in [3.05, 3.63) is 0 Å². The average molecular weight is 535 g/mol. The molecule has 8 heteroatoms. The summed E-state index contributed by atoms with van der Waals surface area (Å²) in [7, 11) is 1.38. The SMILES string of the molecule is COC(=O)CCC(C)C1CCC2C3C(OC(C)=O)CC4CC(OC(C)=O)CCC4(C)C3CC(O)C12C(C)=O. The zero-order valence-electron chi connectivity index (χ0n) is 23.9. The van der Waals surface area contributed by atoms with E-state index in [9.17, 15) is 24.3 Å². The van der Waals surface area contributed by atoms with Crippen LogP contribution in [0.3, 0.4) is 0 Å². The number of aliphatic hydroxyl groups is 1. The van der Waals surface area contributed by atoms with Gasteiger partial charge in [-0.1, -0.05) is 13.8 Å². The van der Waals surface area contributed by atoms with Crippen molar-refractivity contribution in [2.24, 2.45) is 46.3 Å². The fraction of sp³-hybridized carbons (Fsp3) is 0.867. The summed E-state index contributed by atoms with van der Waals surface area (Å²) in [4.78, 5) is 49.5. The third kappa shape index (κ3) is 4.79. The van der Waals surface area contributed by atoms with E-state index < -0.39 is 11.5 Å². The maximum absolute atomic E-state index is 13.6. The Morgan fingerprint density at radius 3 is 2.24 bits per heavy atom. The van der Waals surface area contributed by atoms with Gasteiger partial charge < -0.3 is 19.3 Å². The maximum atomic E-state index is 13.6. The first-order valence-electron chi connectivity index (χ1n) is 14.5. The second kappa shape index (κ2) is 10.9. The molecule has 4 saturated carbocycles. The lowest BCUT2D eigenvalue weighted by atomic mass is 9.42. The van der Waals surface area contributed by atoms with E-state index in [0.29, 0.717) is 19.3 Å². The third-order valence-electron chi connectivity index (χ3n) is 11.2. The molecule has 0 aliphatic heterocycles. The molecular formula is C30H46O8. The molecule has 11 unspecified atom stereocenters. The number of methoxy groups -OCH3 is 1. The van der Waals surface area contributed by atoms with Crippen molar-refractivity contribution in [3.8, 4) is 0 Å². The monoisotopic (exact) mass is 534 g/mol. The van der Waals surface area contributed by atoms with Crippen molar-refractivity contribution < 1.29 is 38.5 Å². The third-order valence-corrected chi connectivity index (χ3v) is 11.2. The lowest BCUT2D eigenvalue weighted by Crippen LogP contribution is -2.65. The van der Waals surface area contributed by atoms with Crippen LogP contribution in [0.2, 0.25) is 0 Å². The second-order valence-corrected chi connectivity index (χ2v) is 12.9. The molecule has 11 atom stereocenters. The Labute approximate surface area is 226 Å². The predicted octanol–water partition coefficient (Wildman–Crippen LogP) is 4.25. The van der Waals surface area contributed by atoms with Gasteiger partial charge in [-0.25, -0.2) is 0 Å². The Morgan fingerprint density at radius 1 is 0.947 bits per heavy atom. The molecule has 38 heavy (non-hydrogen) atoms. The van der Waals surface area contributed by atoms with E-state index in [-0.39, 0.29) is 83.2 Å². The van der Waals surface area contributed by atoms with Gasteiger partial charge >= 0.3 is 17.9 Å². The summed E-state index contributed by atoms with van der Waals surface area (Å²) in [5.74, 6) is -0.664. The molecule has 214 valence electrons. The number of rotatable bonds is 7. The summed E-state index contributed by atoms with van der Waals surface area (Å²) in [5.41, 5.74) is -1.01. The topological polar surface area (TPSA) is 116 Å². The van der Waals surface area contributed by atoms with Crippen LogP contribution >= 0.6 is 0 Å². The summed E-state index contributed by atoms with van der Waals surface area (Å²) >= 11 is 0. The molecule has 0 aromatic rings. The van der Waals surface area contributed by atoms with E-state index in [0.717, 1.165) is 32.1 Å². The summed E-state index contributed by atoms with van der Waals surface area (Å²) in [6.45, 7) is 8.86. The zero-order valence-corrected chi connectivity index (χ0v) is 23.9. The second-order valence-electron chi connectivity index (χ2n) is 12.9. The molecule has 8 nitrogen and oxygen atoms in total. The van der Waals surface area contributed by atoms with Crippen molar-refractivity contribution in [2.45, 2.75) is 111 Å². The molecule has 0 saturated heterocycles. The van der Waals surface area contributed by atoms with Crippen molar-refractivity contribution in [2.75, 3.05) is 7.11 Å². The van der Waals surface area contributed by atoms with Crippen LogP contribution in [0.4, 0.5) is 0 Å². The molecule has 0 aromatic carbocycles. The van der Waals surface area contributed by atoms with Crippen LogP contribution in [-0.4, -0.2) is 54.2 Å². The number of hydrogen-bond acceptors (Lipinski definition) is 8. The molecule has 4 aliphatic rings. The van der Waals surface area contributed by atoms with Gasteiger partial charge in [0, 0.05) is 26.2 Å². The number of hydrogen-bond donors (Lipinski definition) is 1. The van der Waals surface area contributed by atoms with Gasteiger partial charge in [-0.2, -0.15) is 0 Å². The smallest absolute Gasteiger partial charge is 0.305 e. The Kier molecular flexibility index (Phi) is 8.33. The van der Waals surface area contributed by atoms with E-state index in [1.54, 1.807) is 6.92 Å². The van der Waals surface area contributed by atoms with Crippen LogP contribution < -0.4 is 0 Å². The largest absolute Gasteiger partial charge is 0.469 e. The minimum absolute atomic E-state index is 0.00767. The van der Waals surface area contributed by atoms with E-state index in [1.807, 2.05) is 0 Å². The highest BCUT2D eigenvalue weighted by atomic mass is 16.5. The van der Waals surface area contributed by atoms with Gasteiger partial charge in [0.05, 0.1) is 18.6 Å². The number of aliphatic hydroxyl groups excluding tert-OH is 1. The standard InChI is InChI=1S/C30H46O8/c1-16(7-10-27(35)36-6)22-8-9-23-28-24(15-26(34)30(22,23)17(2)31)29(5)12-11-21(37-18(3)32)13-20(29)14-25(28)38-19(4)33/h16,20-26,28,34H,7-15H2,1-6H3. The molecule has 0 amide bonds. The summed E-state index contributed by atoms with van der Waals surface area (Å²) in [6.07, 6.45) is 4.75. The summed E-state index contributed by atoms with van der Waals surface area (Å²) < 4.78 is 16.5. The number of esters is 3. The normalized spacial score (nSPS) is 42.6. The van der Waals surface area contributed by atoms with Crippen molar-refractivity contribution in [3.63, 3.8) is 0 Å². The van der Waals surface area contributed by atoms with Gasteiger partial charge in [-0.15, -0.1) is 0 Å². The van der Waals surface area contributed by atoms with E-state index in [4.69, 9.17) is 14.2 Å². The van der Waals surface area contributed by atoms with Gasteiger partial charge in [0.2, 0.25) is 0 Å². The zero-order chi connectivity index (χ0) is 28.0. The highest BCUT2D eigenvalue weighted by Gasteiger charge is 2.69. The van der Waals surface area contributed by atoms with E-state index in [2.05, 4.69) is 13.8 Å². The fourth-order valence-electron chi connectivity index (χ4n) is 9.73. The van der Waals surface area contributed by atoms with Crippen LogP contribution in [0.5, 0.6) is 0 Å². The first-order chi connectivity index (χ1) is 17.9. The van der Waals surface area contributed by atoms with Gasteiger partial charge in [-0.05, 0) is 93.3 Å². The molecule has 0 bridgehead atoms. The van der Waals surface area contributed by atoms with Crippen LogP contribution in [0.15, 0.2) is 0 Å². The number of ether oxygens (including phenoxy) is 3. The van der Waals surface area contributed by atoms with Crippen molar-refractivity contribution in [1.82, 2.24) is 0 Å². The molecule has 4 aliphatic carbocycles. The lowest BCUT2D eigenvalue weighted by molar-refractivity contribution is -0.218. The Bertz CT molecular complexity index is 947. The van der Waals surface area contributed by atoms with Crippen LogP contribution in [0, 0.1) is 46.3 Å². The Hall–Kier alpha value is -1.96. The minimum atomic E-state index is -0.909. The molecule has 0 radical (unpaired) electrons. The Balaban J connectivity index is 1.69. The maximum Gasteiger partial charge on any atom is 0.305 e. The van der Waals surface area contributed by atoms with Crippen LogP contribution in [0.1, 0.15) is 92.4 Å². The van der Waals surface area contributed by atoms with Gasteiger partial charge in [0.25, 0.3) is 0 Å². The van der Waals surface area contributed by atoms with Crippen molar-refractivity contribution >= 4 is 23.7 Å². The van der Waals surface area contributed by atoms with Gasteiger partial charge in [0.1, 0.15) is 18.0 Å². The van der Waals surface area contributed by atoms with Crippen LogP contribution in [-0.2, 0) is 33.4 Å². The quantitative estimate of drug-likeness (QED) is 0.381. The van der Waals surface area contributed by atoms with Gasteiger partial charge in [-0.3, -0.25) is 19.2 Å². The number of Topliss-reactive ketones (excluding diaryl/α,β-unsaturated/α-hetero) is 1. The summed E-state index contributed by atoms with van der Waals surface area (Å²) in [6, 6.07) is 0. The molecule has 0 heterocycles. The highest BCUT2D eigenvalue weighted by Crippen LogP contribution is 2.69. The first kappa shape index (κ1) is 29.0. The van der Waals surface area contributed by atoms with Crippen LogP contribution in [0.25, 0.3) is 0 Å². The molecule has 4 rings (SSSR count).